The van der Waals surface area contributed by atoms with E-state index in [0.29, 0.717) is 17.9 Å². The van der Waals surface area contributed by atoms with Crippen molar-refractivity contribution < 1.29 is 14.6 Å². The summed E-state index contributed by atoms with van der Waals surface area (Å²) in [5.41, 5.74) is 5.64. The minimum Gasteiger partial charge on any atom is -0.391 e. The Morgan fingerprint density at radius 3 is 2.83 bits per heavy atom. The average Bonchev–Trinajstić information content (AvgIpc) is 2.90. The molecule has 1 aromatic heterocycles. The number of carbonyl (C=O) groups is 1. The van der Waals surface area contributed by atoms with Gasteiger partial charge in [0.2, 0.25) is 5.95 Å². The third-order valence-electron chi connectivity index (χ3n) is 4.69. The molecule has 1 aromatic rings. The molecule has 132 valence electrons. The smallest absolute Gasteiger partial charge is 0.254 e. The summed E-state index contributed by atoms with van der Waals surface area (Å²) in [7, 11) is 0. The zero-order chi connectivity index (χ0) is 17.1. The van der Waals surface area contributed by atoms with Crippen molar-refractivity contribution in [2.45, 2.75) is 63.3 Å². The van der Waals surface area contributed by atoms with E-state index in [1.54, 1.807) is 0 Å². The van der Waals surface area contributed by atoms with E-state index < -0.39 is 12.0 Å². The third kappa shape index (κ3) is 3.76. The first kappa shape index (κ1) is 16.9. The molecule has 0 aromatic carbocycles. The van der Waals surface area contributed by atoms with Crippen LogP contribution < -0.4 is 16.4 Å². The predicted octanol–water partition coefficient (Wildman–Crippen LogP) is 0.880. The number of amides is 1. The number of carbonyl (C=O) groups excluding carboxylic acids is 1. The first-order valence-corrected chi connectivity index (χ1v) is 8.56. The maximum absolute atomic E-state index is 11.6. The topological polar surface area (TPSA) is 122 Å². The van der Waals surface area contributed by atoms with Crippen molar-refractivity contribution in [3.63, 3.8) is 0 Å². The van der Waals surface area contributed by atoms with Gasteiger partial charge in [0.25, 0.3) is 5.91 Å². The second-order valence-corrected chi connectivity index (χ2v) is 6.46. The quantitative estimate of drug-likeness (QED) is 0.583. The van der Waals surface area contributed by atoms with Crippen molar-refractivity contribution in [2.24, 2.45) is 5.73 Å². The van der Waals surface area contributed by atoms with E-state index >= 15 is 0 Å². The number of aliphatic hydroxyl groups is 1. The number of nitrogens with one attached hydrogen (secondary N) is 2. The number of nitrogens with two attached hydrogens (primary N) is 1. The molecule has 0 bridgehead atoms. The Labute approximate surface area is 141 Å². The fourth-order valence-corrected chi connectivity index (χ4v) is 3.26. The predicted molar refractivity (Wildman–Crippen MR) is 89.9 cm³/mol. The van der Waals surface area contributed by atoms with Gasteiger partial charge in [0.05, 0.1) is 23.8 Å². The van der Waals surface area contributed by atoms with Gasteiger partial charge in [-0.05, 0) is 39.0 Å². The van der Waals surface area contributed by atoms with E-state index in [-0.39, 0.29) is 17.6 Å². The number of aromatic nitrogens is 2. The van der Waals surface area contributed by atoms with Gasteiger partial charge >= 0.3 is 0 Å². The molecule has 2 saturated carbocycles. The highest BCUT2D eigenvalue weighted by atomic mass is 16.5. The molecule has 1 amide bonds. The van der Waals surface area contributed by atoms with Crippen LogP contribution in [0.25, 0.3) is 0 Å². The van der Waals surface area contributed by atoms with Gasteiger partial charge in [-0.3, -0.25) is 4.79 Å². The number of aliphatic hydroxyl groups excluding tert-OH is 1. The van der Waals surface area contributed by atoms with Crippen molar-refractivity contribution in [3.05, 3.63) is 11.8 Å². The molecule has 8 nitrogen and oxygen atoms in total. The van der Waals surface area contributed by atoms with Gasteiger partial charge in [-0.15, -0.1) is 0 Å². The fraction of sp³-hybridized carbons (Fsp3) is 0.688. The van der Waals surface area contributed by atoms with Crippen molar-refractivity contribution in [3.8, 4) is 0 Å². The summed E-state index contributed by atoms with van der Waals surface area (Å²) < 4.78 is 5.54. The Hall–Kier alpha value is -1.93. The second kappa shape index (κ2) is 7.31. The zero-order valence-electron chi connectivity index (χ0n) is 13.9. The van der Waals surface area contributed by atoms with E-state index in [1.807, 2.05) is 6.92 Å². The molecule has 0 spiro atoms. The van der Waals surface area contributed by atoms with Crippen molar-refractivity contribution in [2.75, 3.05) is 17.2 Å². The van der Waals surface area contributed by atoms with Crippen LogP contribution in [0.1, 0.15) is 49.4 Å². The lowest BCUT2D eigenvalue weighted by Crippen LogP contribution is -2.41. The second-order valence-electron chi connectivity index (χ2n) is 6.46. The number of hydrogen-bond donors (Lipinski definition) is 4. The molecule has 24 heavy (non-hydrogen) atoms. The first-order valence-electron chi connectivity index (χ1n) is 8.56. The van der Waals surface area contributed by atoms with Crippen LogP contribution >= 0.6 is 0 Å². The summed E-state index contributed by atoms with van der Waals surface area (Å²) in [5, 5.41) is 16.4. The molecule has 2 aliphatic carbocycles. The molecular formula is C16H25N5O3. The monoisotopic (exact) mass is 335 g/mol. The Morgan fingerprint density at radius 2 is 2.21 bits per heavy atom. The SMILES string of the molecule is CCOC1CC(Nc2ncc(C(N)=O)c(NC3CCC[C@@H]3O)n2)C1. The van der Waals surface area contributed by atoms with Crippen LogP contribution in [-0.2, 0) is 4.74 Å². The highest BCUT2D eigenvalue weighted by Crippen LogP contribution is 2.27. The minimum absolute atomic E-state index is 0.114. The molecule has 0 aliphatic heterocycles. The van der Waals surface area contributed by atoms with Gasteiger partial charge in [-0.25, -0.2) is 4.98 Å². The molecule has 1 heterocycles. The Morgan fingerprint density at radius 1 is 1.42 bits per heavy atom. The summed E-state index contributed by atoms with van der Waals surface area (Å²) in [6.07, 6.45) is 5.66. The number of nitrogens with zero attached hydrogens (tertiary/aromatic N) is 2. The number of hydrogen-bond acceptors (Lipinski definition) is 7. The van der Waals surface area contributed by atoms with Crippen molar-refractivity contribution >= 4 is 17.7 Å². The molecule has 8 heteroatoms. The Balaban J connectivity index is 1.68. The summed E-state index contributed by atoms with van der Waals surface area (Å²) >= 11 is 0. The van der Waals surface area contributed by atoms with Crippen LogP contribution in [0.3, 0.4) is 0 Å². The van der Waals surface area contributed by atoms with Crippen molar-refractivity contribution in [1.82, 2.24) is 9.97 Å². The number of primary amides is 1. The zero-order valence-corrected chi connectivity index (χ0v) is 13.9. The maximum atomic E-state index is 11.6. The standard InChI is InChI=1S/C16H25N5O3/c1-2-24-10-6-9(7-10)19-16-18-8-11(14(17)23)15(21-16)20-12-4-3-5-13(12)22/h8-10,12-13,22H,2-7H2,1H3,(H2,17,23)(H2,18,19,20,21)/t9?,10?,12?,13-/m0/s1. The summed E-state index contributed by atoms with van der Waals surface area (Å²) in [6.45, 7) is 2.71. The number of anilines is 2. The minimum atomic E-state index is -0.586. The first-order chi connectivity index (χ1) is 11.6. The molecule has 5 N–H and O–H groups in total. The highest BCUT2D eigenvalue weighted by Gasteiger charge is 2.31. The molecule has 2 aliphatic rings. The molecule has 1 unspecified atom stereocenters. The van der Waals surface area contributed by atoms with E-state index in [9.17, 15) is 9.90 Å². The van der Waals surface area contributed by atoms with Crippen LogP contribution in [0, 0.1) is 0 Å². The lowest BCUT2D eigenvalue weighted by atomic mass is 9.89. The van der Waals surface area contributed by atoms with Crippen LogP contribution in [0.2, 0.25) is 0 Å². The Bertz CT molecular complexity index is 591. The summed E-state index contributed by atoms with van der Waals surface area (Å²) in [5.74, 6) is 0.248. The van der Waals surface area contributed by atoms with E-state index in [0.717, 1.165) is 38.7 Å². The van der Waals surface area contributed by atoms with Crippen LogP contribution in [0.15, 0.2) is 6.20 Å². The van der Waals surface area contributed by atoms with Gasteiger partial charge in [0.1, 0.15) is 5.82 Å². The van der Waals surface area contributed by atoms with Gasteiger partial charge in [-0.1, -0.05) is 0 Å². The van der Waals surface area contributed by atoms with Crippen LogP contribution in [0.4, 0.5) is 11.8 Å². The summed E-state index contributed by atoms with van der Waals surface area (Å²) in [4.78, 5) is 20.2. The highest BCUT2D eigenvalue weighted by molar-refractivity contribution is 5.97. The van der Waals surface area contributed by atoms with Gasteiger partial charge < -0.3 is 26.2 Å². The summed E-state index contributed by atoms with van der Waals surface area (Å²) in [6, 6.07) is 0.155. The van der Waals surface area contributed by atoms with Crippen LogP contribution in [0.5, 0.6) is 0 Å². The molecule has 0 saturated heterocycles. The van der Waals surface area contributed by atoms with E-state index in [4.69, 9.17) is 10.5 Å². The normalized spacial score (nSPS) is 29.1. The van der Waals surface area contributed by atoms with E-state index in [1.165, 1.54) is 6.20 Å². The number of rotatable bonds is 7. The number of ether oxygens (including phenoxy) is 1. The van der Waals surface area contributed by atoms with Gasteiger partial charge in [0.15, 0.2) is 0 Å². The molecular weight excluding hydrogens is 310 g/mol. The van der Waals surface area contributed by atoms with Crippen molar-refractivity contribution in [1.29, 1.82) is 0 Å². The largest absolute Gasteiger partial charge is 0.391 e. The van der Waals surface area contributed by atoms with Crippen LogP contribution in [-0.4, -0.2) is 51.9 Å². The van der Waals surface area contributed by atoms with Gasteiger partial charge in [0, 0.05) is 18.8 Å². The lowest BCUT2D eigenvalue weighted by molar-refractivity contribution is 0.00285. The van der Waals surface area contributed by atoms with Gasteiger partial charge in [-0.2, -0.15) is 4.98 Å². The molecule has 2 fully saturated rings. The molecule has 3 rings (SSSR count). The molecule has 2 atom stereocenters. The Kier molecular flexibility index (Phi) is 5.15. The lowest BCUT2D eigenvalue weighted by Gasteiger charge is -2.35. The maximum Gasteiger partial charge on any atom is 0.254 e. The van der Waals surface area contributed by atoms with E-state index in [2.05, 4.69) is 20.6 Å². The fourth-order valence-electron chi connectivity index (χ4n) is 3.26. The average molecular weight is 335 g/mol. The molecule has 0 radical (unpaired) electrons. The third-order valence-corrected chi connectivity index (χ3v) is 4.69.